The minimum Gasteiger partial charge on any atom is -0.497 e. The van der Waals surface area contributed by atoms with Crippen LogP contribution in [0.4, 0.5) is 0 Å². The van der Waals surface area contributed by atoms with Gasteiger partial charge in [0.05, 0.1) is 35.5 Å². The number of ether oxygens (including phenoxy) is 5. The summed E-state index contributed by atoms with van der Waals surface area (Å²) >= 11 is 0. The first kappa shape index (κ1) is 22.4. The monoisotopic (exact) mass is 429 g/mol. The maximum absolute atomic E-state index is 5.37. The van der Waals surface area contributed by atoms with Gasteiger partial charge >= 0.3 is 0 Å². The summed E-state index contributed by atoms with van der Waals surface area (Å²) in [6.45, 7) is 0. The van der Waals surface area contributed by atoms with E-state index in [1.165, 1.54) is 0 Å². The summed E-state index contributed by atoms with van der Waals surface area (Å²) in [7, 11) is 7.89. The quantitative estimate of drug-likeness (QED) is 0.573. The zero-order valence-corrected chi connectivity index (χ0v) is 18.6. The lowest BCUT2D eigenvalue weighted by Gasteiger charge is -2.12. The summed E-state index contributed by atoms with van der Waals surface area (Å²) in [6, 6.07) is 14.6. The summed E-state index contributed by atoms with van der Waals surface area (Å²) in [5.74, 6) is 15.2. The van der Waals surface area contributed by atoms with Crippen LogP contribution in [-0.2, 0) is 0 Å². The molecule has 3 rings (SSSR count). The van der Waals surface area contributed by atoms with Gasteiger partial charge in [0.2, 0.25) is 5.75 Å². The van der Waals surface area contributed by atoms with Gasteiger partial charge in [0.25, 0.3) is 0 Å². The molecule has 162 valence electrons. The van der Waals surface area contributed by atoms with Crippen molar-refractivity contribution < 1.29 is 23.7 Å². The minimum absolute atomic E-state index is 0.519. The molecule has 0 aliphatic rings. The molecule has 1 aromatic heterocycles. The van der Waals surface area contributed by atoms with Gasteiger partial charge in [-0.2, -0.15) is 0 Å². The Bertz CT molecular complexity index is 1180. The van der Waals surface area contributed by atoms with Crippen LogP contribution in [-0.4, -0.2) is 40.5 Å². The number of rotatable bonds is 5. The minimum atomic E-state index is 0.519. The number of hydrogen-bond acceptors (Lipinski definition) is 6. The molecule has 0 spiro atoms. The third-order valence-corrected chi connectivity index (χ3v) is 4.44. The van der Waals surface area contributed by atoms with E-state index in [1.807, 2.05) is 30.3 Å². The fraction of sp³-hybridized carbons (Fsp3) is 0.192. The van der Waals surface area contributed by atoms with Crippen LogP contribution in [0.1, 0.15) is 22.5 Å². The highest BCUT2D eigenvalue weighted by atomic mass is 16.5. The van der Waals surface area contributed by atoms with E-state index in [0.717, 1.165) is 5.56 Å². The molecule has 6 nitrogen and oxygen atoms in total. The van der Waals surface area contributed by atoms with Crippen molar-refractivity contribution in [3.05, 3.63) is 71.0 Å². The third kappa shape index (κ3) is 5.44. The van der Waals surface area contributed by atoms with Gasteiger partial charge in [0, 0.05) is 17.2 Å². The lowest BCUT2D eigenvalue weighted by Crippen LogP contribution is -1.95. The van der Waals surface area contributed by atoms with Crippen LogP contribution in [0.25, 0.3) is 0 Å². The van der Waals surface area contributed by atoms with Crippen LogP contribution in [0.3, 0.4) is 0 Å². The number of benzene rings is 2. The molecule has 3 aromatic rings. The first-order chi connectivity index (χ1) is 15.6. The first-order valence-corrected chi connectivity index (χ1v) is 9.64. The number of aromatic nitrogens is 1. The van der Waals surface area contributed by atoms with E-state index in [0.29, 0.717) is 45.7 Å². The van der Waals surface area contributed by atoms with Gasteiger partial charge in [0.15, 0.2) is 11.5 Å². The molecule has 0 radical (unpaired) electrons. The van der Waals surface area contributed by atoms with E-state index in [4.69, 9.17) is 23.7 Å². The first-order valence-electron chi connectivity index (χ1n) is 9.64. The molecule has 1 heterocycles. The Labute approximate surface area is 188 Å². The molecular weight excluding hydrogens is 406 g/mol. The molecule has 0 N–H and O–H groups in total. The number of hydrogen-bond donors (Lipinski definition) is 0. The van der Waals surface area contributed by atoms with Crippen LogP contribution < -0.4 is 23.7 Å². The van der Waals surface area contributed by atoms with Gasteiger partial charge in [-0.1, -0.05) is 17.9 Å². The Morgan fingerprint density at radius 1 is 0.562 bits per heavy atom. The Morgan fingerprint density at radius 3 is 1.50 bits per heavy atom. The standard InChI is InChI=1S/C26H23NO5/c1-28-22-13-18(14-23(17-22)29-2)9-11-20-7-6-8-21(27-20)12-10-19-15-24(30-3)26(32-5)25(16-19)31-4/h6-8,13-17H,1-5H3. The van der Waals surface area contributed by atoms with Crippen molar-refractivity contribution in [2.24, 2.45) is 0 Å². The Hall–Kier alpha value is -4.29. The van der Waals surface area contributed by atoms with Crippen molar-refractivity contribution >= 4 is 0 Å². The van der Waals surface area contributed by atoms with Gasteiger partial charge in [0.1, 0.15) is 22.9 Å². The van der Waals surface area contributed by atoms with E-state index >= 15 is 0 Å². The van der Waals surface area contributed by atoms with Crippen LogP contribution in [0.5, 0.6) is 28.7 Å². The van der Waals surface area contributed by atoms with Crippen LogP contribution in [0.2, 0.25) is 0 Å². The van der Waals surface area contributed by atoms with Crippen LogP contribution in [0, 0.1) is 23.7 Å². The maximum atomic E-state index is 5.37. The topological polar surface area (TPSA) is 59.0 Å². The molecule has 0 aliphatic heterocycles. The Kier molecular flexibility index (Phi) is 7.46. The van der Waals surface area contributed by atoms with Crippen molar-refractivity contribution in [1.82, 2.24) is 4.98 Å². The molecule has 0 amide bonds. The molecule has 2 aromatic carbocycles. The van der Waals surface area contributed by atoms with E-state index in [2.05, 4.69) is 28.7 Å². The number of nitrogens with zero attached hydrogens (tertiary/aromatic N) is 1. The molecule has 0 saturated carbocycles. The summed E-state index contributed by atoms with van der Waals surface area (Å²) < 4.78 is 26.7. The summed E-state index contributed by atoms with van der Waals surface area (Å²) in [5.41, 5.74) is 2.66. The average Bonchev–Trinajstić information content (AvgIpc) is 2.85. The molecule has 32 heavy (non-hydrogen) atoms. The number of pyridine rings is 1. The predicted molar refractivity (Wildman–Crippen MR) is 122 cm³/mol. The molecule has 0 fully saturated rings. The maximum Gasteiger partial charge on any atom is 0.203 e. The van der Waals surface area contributed by atoms with E-state index in [9.17, 15) is 0 Å². The molecule has 0 saturated heterocycles. The molecule has 0 unspecified atom stereocenters. The lowest BCUT2D eigenvalue weighted by molar-refractivity contribution is 0.324. The van der Waals surface area contributed by atoms with Gasteiger partial charge < -0.3 is 23.7 Å². The van der Waals surface area contributed by atoms with Crippen molar-refractivity contribution in [2.45, 2.75) is 0 Å². The van der Waals surface area contributed by atoms with Crippen molar-refractivity contribution in [3.63, 3.8) is 0 Å². The second-order valence-electron chi connectivity index (χ2n) is 6.42. The zero-order chi connectivity index (χ0) is 22.9. The van der Waals surface area contributed by atoms with E-state index < -0.39 is 0 Å². The second-order valence-corrected chi connectivity index (χ2v) is 6.42. The van der Waals surface area contributed by atoms with Crippen molar-refractivity contribution in [1.29, 1.82) is 0 Å². The normalized spacial score (nSPS) is 9.53. The Morgan fingerprint density at radius 2 is 1.06 bits per heavy atom. The molecular formula is C26H23NO5. The summed E-state index contributed by atoms with van der Waals surface area (Å²) in [4.78, 5) is 4.51. The highest BCUT2D eigenvalue weighted by molar-refractivity contribution is 5.58. The molecule has 0 bridgehead atoms. The fourth-order valence-corrected chi connectivity index (χ4v) is 2.88. The second kappa shape index (κ2) is 10.7. The van der Waals surface area contributed by atoms with Crippen molar-refractivity contribution in [2.75, 3.05) is 35.5 Å². The largest absolute Gasteiger partial charge is 0.497 e. The van der Waals surface area contributed by atoms with Gasteiger partial charge in [-0.25, -0.2) is 4.98 Å². The molecule has 0 atom stereocenters. The van der Waals surface area contributed by atoms with Gasteiger partial charge in [-0.3, -0.25) is 0 Å². The fourth-order valence-electron chi connectivity index (χ4n) is 2.88. The predicted octanol–water partition coefficient (Wildman–Crippen LogP) is 3.92. The van der Waals surface area contributed by atoms with Crippen LogP contribution >= 0.6 is 0 Å². The van der Waals surface area contributed by atoms with Crippen molar-refractivity contribution in [3.8, 4) is 52.4 Å². The number of methoxy groups -OCH3 is 5. The molecule has 6 heteroatoms. The Balaban J connectivity index is 1.89. The SMILES string of the molecule is COc1cc(C#Cc2cccc(C#Cc3cc(OC)c(OC)c(OC)c3)n2)cc(OC)c1. The van der Waals surface area contributed by atoms with Crippen LogP contribution in [0.15, 0.2) is 48.5 Å². The van der Waals surface area contributed by atoms with E-state index in [1.54, 1.807) is 53.7 Å². The highest BCUT2D eigenvalue weighted by Crippen LogP contribution is 2.37. The summed E-state index contributed by atoms with van der Waals surface area (Å²) in [6.07, 6.45) is 0. The zero-order valence-electron chi connectivity index (χ0n) is 18.6. The summed E-state index contributed by atoms with van der Waals surface area (Å²) in [5, 5.41) is 0. The highest BCUT2D eigenvalue weighted by Gasteiger charge is 2.12. The molecule has 0 aliphatic carbocycles. The van der Waals surface area contributed by atoms with Gasteiger partial charge in [-0.05, 0) is 48.2 Å². The lowest BCUT2D eigenvalue weighted by atomic mass is 10.1. The van der Waals surface area contributed by atoms with E-state index in [-0.39, 0.29) is 0 Å². The smallest absolute Gasteiger partial charge is 0.203 e. The average molecular weight is 429 g/mol. The van der Waals surface area contributed by atoms with Gasteiger partial charge in [-0.15, -0.1) is 0 Å². The third-order valence-electron chi connectivity index (χ3n) is 4.44.